The summed E-state index contributed by atoms with van der Waals surface area (Å²) in [5, 5.41) is 22.0. The van der Waals surface area contributed by atoms with Crippen LogP contribution in [0.1, 0.15) is 65.8 Å². The highest BCUT2D eigenvalue weighted by molar-refractivity contribution is 5.86. The Kier molecular flexibility index (Phi) is 11.9. The fourth-order valence-electron chi connectivity index (χ4n) is 3.96. The molecule has 0 spiro atoms. The Morgan fingerprint density at radius 2 is 1.59 bits per heavy atom. The molecule has 8 heteroatoms. The smallest absolute Gasteiger partial charge is 0.144 e. The minimum atomic E-state index is -1.34. The van der Waals surface area contributed by atoms with E-state index in [9.17, 15) is 19.8 Å². The predicted octanol–water partition coefficient (Wildman–Crippen LogP) is 3.76. The summed E-state index contributed by atoms with van der Waals surface area (Å²) in [5.41, 5.74) is 2.20. The zero-order chi connectivity index (χ0) is 27.9. The standard InChI is InChI=1S/C31H35NO7/c1-37-26-15-12-23(13-16-26)9-6-4-2-3-5-7-20-38-29-18-14-25(32-28(29)17-19-30(33)34)22-39-27-11-8-10-24(21-27)31(35)36/h8,10-19,21H,2-7,9,20,22H2,1H3,(H,33,34)(H,35,36)/p-2/b19-17+. The van der Waals surface area contributed by atoms with Gasteiger partial charge in [-0.15, -0.1) is 0 Å². The second-order valence-corrected chi connectivity index (χ2v) is 9.01. The second-order valence-electron chi connectivity index (χ2n) is 9.01. The second kappa shape index (κ2) is 15.8. The molecule has 39 heavy (non-hydrogen) atoms. The van der Waals surface area contributed by atoms with Crippen LogP contribution in [0.5, 0.6) is 17.2 Å². The van der Waals surface area contributed by atoms with E-state index in [1.54, 1.807) is 31.4 Å². The van der Waals surface area contributed by atoms with Crippen LogP contribution in [0.2, 0.25) is 0 Å². The molecule has 0 radical (unpaired) electrons. The summed E-state index contributed by atoms with van der Waals surface area (Å²) in [7, 11) is 1.67. The summed E-state index contributed by atoms with van der Waals surface area (Å²) in [5.74, 6) is -0.932. The van der Waals surface area contributed by atoms with Crippen LogP contribution in [0.4, 0.5) is 0 Å². The van der Waals surface area contributed by atoms with Crippen LogP contribution in [0.25, 0.3) is 6.08 Å². The molecule has 1 heterocycles. The van der Waals surface area contributed by atoms with Crippen molar-refractivity contribution in [2.45, 2.75) is 51.6 Å². The van der Waals surface area contributed by atoms with Crippen LogP contribution < -0.4 is 24.4 Å². The highest BCUT2D eigenvalue weighted by Crippen LogP contribution is 2.21. The zero-order valence-corrected chi connectivity index (χ0v) is 22.1. The normalized spacial score (nSPS) is 10.9. The zero-order valence-electron chi connectivity index (χ0n) is 22.1. The van der Waals surface area contributed by atoms with Gasteiger partial charge in [-0.25, -0.2) is 4.98 Å². The third kappa shape index (κ3) is 10.5. The quantitative estimate of drug-likeness (QED) is 0.191. The number of unbranched alkanes of at least 4 members (excludes halogenated alkanes) is 5. The molecule has 3 aromatic rings. The number of methoxy groups -OCH3 is 1. The van der Waals surface area contributed by atoms with E-state index in [-0.39, 0.29) is 12.2 Å². The lowest BCUT2D eigenvalue weighted by Gasteiger charge is -2.12. The van der Waals surface area contributed by atoms with Crippen molar-refractivity contribution in [2.75, 3.05) is 13.7 Å². The maximum atomic E-state index is 11.0. The van der Waals surface area contributed by atoms with Crippen LogP contribution in [0.15, 0.2) is 66.7 Å². The molecule has 1 aromatic heterocycles. The van der Waals surface area contributed by atoms with Crippen molar-refractivity contribution in [1.29, 1.82) is 0 Å². The van der Waals surface area contributed by atoms with E-state index in [0.29, 0.717) is 29.5 Å². The predicted molar refractivity (Wildman–Crippen MR) is 143 cm³/mol. The largest absolute Gasteiger partial charge is 0.545 e. The van der Waals surface area contributed by atoms with Crippen LogP contribution in [-0.2, 0) is 17.8 Å². The molecule has 0 aliphatic heterocycles. The van der Waals surface area contributed by atoms with Crippen molar-refractivity contribution in [2.24, 2.45) is 0 Å². The topological polar surface area (TPSA) is 121 Å². The number of aryl methyl sites for hydroxylation is 1. The molecule has 0 bridgehead atoms. The molecule has 3 rings (SSSR count). The number of aromatic nitrogens is 1. The number of carboxylic acids is 2. The fraction of sp³-hybridized carbons (Fsp3) is 0.323. The Morgan fingerprint density at radius 1 is 0.846 bits per heavy atom. The molecule has 0 aliphatic carbocycles. The number of aliphatic carboxylic acids is 1. The molecular formula is C31H33NO7-2. The van der Waals surface area contributed by atoms with E-state index in [0.717, 1.165) is 50.4 Å². The lowest BCUT2D eigenvalue weighted by Crippen LogP contribution is -2.22. The van der Waals surface area contributed by atoms with E-state index < -0.39 is 11.9 Å². The number of ether oxygens (including phenoxy) is 3. The molecule has 0 atom stereocenters. The number of pyridine rings is 1. The van der Waals surface area contributed by atoms with Gasteiger partial charge in [0, 0.05) is 5.56 Å². The average Bonchev–Trinajstić information content (AvgIpc) is 2.95. The molecule has 8 nitrogen and oxygen atoms in total. The van der Waals surface area contributed by atoms with Crippen molar-refractivity contribution in [1.82, 2.24) is 4.98 Å². The third-order valence-corrected chi connectivity index (χ3v) is 6.05. The van der Waals surface area contributed by atoms with Gasteiger partial charge >= 0.3 is 0 Å². The Balaban J connectivity index is 1.41. The monoisotopic (exact) mass is 531 g/mol. The Hall–Kier alpha value is -4.33. The molecule has 0 saturated heterocycles. The summed E-state index contributed by atoms with van der Waals surface area (Å²) >= 11 is 0. The first kappa shape index (κ1) is 29.2. The minimum absolute atomic E-state index is 0.00958. The van der Waals surface area contributed by atoms with E-state index in [2.05, 4.69) is 17.1 Å². The molecule has 0 N–H and O–H groups in total. The van der Waals surface area contributed by atoms with Gasteiger partial charge in [0.1, 0.15) is 29.5 Å². The highest BCUT2D eigenvalue weighted by Gasteiger charge is 2.07. The lowest BCUT2D eigenvalue weighted by atomic mass is 10.0. The van der Waals surface area contributed by atoms with Gasteiger partial charge in [0.15, 0.2) is 0 Å². The maximum Gasteiger partial charge on any atom is 0.144 e. The number of benzene rings is 2. The Bertz CT molecular complexity index is 1240. The Morgan fingerprint density at radius 3 is 2.31 bits per heavy atom. The van der Waals surface area contributed by atoms with E-state index in [1.807, 2.05) is 12.1 Å². The van der Waals surface area contributed by atoms with Crippen molar-refractivity contribution < 1.29 is 34.0 Å². The summed E-state index contributed by atoms with van der Waals surface area (Å²) in [6.45, 7) is 0.549. The minimum Gasteiger partial charge on any atom is -0.545 e. The molecule has 0 saturated carbocycles. The fourth-order valence-corrected chi connectivity index (χ4v) is 3.96. The molecule has 0 unspecified atom stereocenters. The number of nitrogens with zero attached hydrogens (tertiary/aromatic N) is 1. The van der Waals surface area contributed by atoms with Gasteiger partial charge in [0.2, 0.25) is 0 Å². The van der Waals surface area contributed by atoms with Crippen molar-refractivity contribution >= 4 is 18.0 Å². The first-order valence-corrected chi connectivity index (χ1v) is 13.0. The van der Waals surface area contributed by atoms with Gasteiger partial charge in [-0.1, -0.05) is 49.9 Å². The number of aromatic carboxylic acids is 1. The van der Waals surface area contributed by atoms with Gasteiger partial charge in [-0.3, -0.25) is 0 Å². The number of hydrogen-bond acceptors (Lipinski definition) is 8. The summed E-state index contributed by atoms with van der Waals surface area (Å²) in [4.78, 5) is 26.4. The first-order valence-electron chi connectivity index (χ1n) is 13.0. The van der Waals surface area contributed by atoms with Crippen molar-refractivity contribution in [3.8, 4) is 17.2 Å². The number of hydrogen-bond donors (Lipinski definition) is 0. The van der Waals surface area contributed by atoms with Crippen molar-refractivity contribution in [3.63, 3.8) is 0 Å². The third-order valence-electron chi connectivity index (χ3n) is 6.05. The van der Waals surface area contributed by atoms with Crippen LogP contribution in [-0.4, -0.2) is 30.6 Å². The average molecular weight is 532 g/mol. The lowest BCUT2D eigenvalue weighted by molar-refractivity contribution is -0.297. The van der Waals surface area contributed by atoms with Crippen LogP contribution in [0.3, 0.4) is 0 Å². The van der Waals surface area contributed by atoms with Crippen molar-refractivity contribution in [3.05, 3.63) is 89.3 Å². The van der Waals surface area contributed by atoms with Crippen LogP contribution >= 0.6 is 0 Å². The number of carboxylic acid groups (broad SMARTS) is 2. The SMILES string of the molecule is COc1ccc(CCCCCCCCOc2ccc(COc3cccc(C(=O)[O-])c3)nc2/C=C/C(=O)[O-])cc1. The van der Waals surface area contributed by atoms with Crippen LogP contribution in [0, 0.1) is 0 Å². The first-order chi connectivity index (χ1) is 18.9. The van der Waals surface area contributed by atoms with E-state index >= 15 is 0 Å². The molecule has 0 fully saturated rings. The van der Waals surface area contributed by atoms with E-state index in [1.165, 1.54) is 30.2 Å². The molecule has 0 amide bonds. The maximum absolute atomic E-state index is 11.0. The number of carbonyl (C=O) groups is 2. The number of carbonyl (C=O) groups excluding carboxylic acids is 2. The van der Waals surface area contributed by atoms with Gasteiger partial charge in [-0.05, 0) is 73.4 Å². The van der Waals surface area contributed by atoms with Gasteiger partial charge < -0.3 is 34.0 Å². The number of rotatable bonds is 17. The molecule has 206 valence electrons. The molecule has 0 aliphatic rings. The molecular weight excluding hydrogens is 498 g/mol. The van der Waals surface area contributed by atoms with E-state index in [4.69, 9.17) is 14.2 Å². The Labute approximate surface area is 228 Å². The molecule has 2 aromatic carbocycles. The van der Waals surface area contributed by atoms with Gasteiger partial charge in [0.25, 0.3) is 0 Å². The summed E-state index contributed by atoms with van der Waals surface area (Å²) in [6, 6.07) is 17.6. The van der Waals surface area contributed by atoms with Gasteiger partial charge in [0.05, 0.1) is 31.3 Å². The summed E-state index contributed by atoms with van der Waals surface area (Å²) < 4.78 is 16.7. The summed E-state index contributed by atoms with van der Waals surface area (Å²) in [6.07, 6.45) is 9.82. The highest BCUT2D eigenvalue weighted by atomic mass is 16.5. The van der Waals surface area contributed by atoms with Gasteiger partial charge in [-0.2, -0.15) is 0 Å².